The van der Waals surface area contributed by atoms with E-state index in [1.807, 2.05) is 0 Å². The fourth-order valence-corrected chi connectivity index (χ4v) is 4.18. The van der Waals surface area contributed by atoms with Gasteiger partial charge in [0, 0.05) is 17.1 Å². The van der Waals surface area contributed by atoms with Crippen LogP contribution >= 0.6 is 0 Å². The Kier molecular flexibility index (Phi) is 6.23. The minimum Gasteiger partial charge on any atom is -0.311 e. The van der Waals surface area contributed by atoms with Gasteiger partial charge in [0.25, 0.3) is 0 Å². The van der Waals surface area contributed by atoms with Gasteiger partial charge in [-0.1, -0.05) is 94.4 Å². The first-order valence-corrected chi connectivity index (χ1v) is 11.2. The van der Waals surface area contributed by atoms with Crippen molar-refractivity contribution in [3.8, 4) is 11.1 Å². The van der Waals surface area contributed by atoms with Crippen molar-refractivity contribution >= 4 is 17.1 Å². The average Bonchev–Trinajstić information content (AvgIpc) is 2.81. The maximum atomic E-state index is 2.38. The summed E-state index contributed by atoms with van der Waals surface area (Å²) in [6, 6.07) is 37.0. The Morgan fingerprint density at radius 3 is 1.39 bits per heavy atom. The van der Waals surface area contributed by atoms with Gasteiger partial charge in [-0.25, -0.2) is 0 Å². The van der Waals surface area contributed by atoms with Gasteiger partial charge in [0.05, 0.1) is 0 Å². The number of hydrogen-bond donors (Lipinski definition) is 0. The van der Waals surface area contributed by atoms with Crippen molar-refractivity contribution in [2.24, 2.45) is 0 Å². The number of benzene rings is 4. The maximum Gasteiger partial charge on any atom is 0.0462 e. The third kappa shape index (κ3) is 4.56. The van der Waals surface area contributed by atoms with Crippen molar-refractivity contribution in [2.75, 3.05) is 4.90 Å². The van der Waals surface area contributed by atoms with Gasteiger partial charge in [0.1, 0.15) is 0 Å². The highest BCUT2D eigenvalue weighted by molar-refractivity contribution is 5.78. The minimum absolute atomic E-state index is 0.517. The van der Waals surface area contributed by atoms with Crippen LogP contribution in [-0.2, 0) is 0 Å². The molecule has 1 heteroatoms. The summed E-state index contributed by atoms with van der Waals surface area (Å²) in [7, 11) is 0. The highest BCUT2D eigenvalue weighted by Gasteiger charge is 2.14. The molecule has 0 aliphatic rings. The molecular weight excluding hydrogens is 374 g/mol. The Hall–Kier alpha value is -3.32. The molecule has 0 unspecified atom stereocenters. The number of para-hydroxylation sites is 2. The summed E-state index contributed by atoms with van der Waals surface area (Å²) in [6.45, 7) is 9.12. The molecule has 0 spiro atoms. The molecule has 0 bridgehead atoms. The van der Waals surface area contributed by atoms with E-state index in [1.54, 1.807) is 0 Å². The minimum atomic E-state index is 0.517. The average molecular weight is 406 g/mol. The molecule has 0 aliphatic carbocycles. The van der Waals surface area contributed by atoms with Crippen molar-refractivity contribution in [1.82, 2.24) is 0 Å². The second-order valence-corrected chi connectivity index (χ2v) is 8.71. The zero-order valence-electron chi connectivity index (χ0n) is 18.9. The van der Waals surface area contributed by atoms with Crippen LogP contribution in [0.4, 0.5) is 17.1 Å². The molecule has 4 aromatic carbocycles. The van der Waals surface area contributed by atoms with Gasteiger partial charge < -0.3 is 4.90 Å². The summed E-state index contributed by atoms with van der Waals surface area (Å²) in [6.07, 6.45) is 0. The molecule has 0 aromatic heterocycles. The van der Waals surface area contributed by atoms with Gasteiger partial charge in [0.2, 0.25) is 0 Å². The Balaban J connectivity index is 1.72. The number of anilines is 3. The van der Waals surface area contributed by atoms with E-state index < -0.39 is 0 Å². The van der Waals surface area contributed by atoms with E-state index in [9.17, 15) is 0 Å². The van der Waals surface area contributed by atoms with Crippen LogP contribution in [0.5, 0.6) is 0 Å². The third-order valence-electron chi connectivity index (χ3n) is 5.82. The molecule has 0 atom stereocenters. The third-order valence-corrected chi connectivity index (χ3v) is 5.82. The van der Waals surface area contributed by atoms with Crippen molar-refractivity contribution in [3.63, 3.8) is 0 Å². The lowest BCUT2D eigenvalue weighted by atomic mass is 9.88. The second kappa shape index (κ2) is 9.22. The molecule has 0 radical (unpaired) electrons. The number of rotatable bonds is 6. The van der Waals surface area contributed by atoms with E-state index in [0.29, 0.717) is 11.8 Å². The van der Waals surface area contributed by atoms with E-state index in [1.165, 1.54) is 22.3 Å². The van der Waals surface area contributed by atoms with E-state index in [-0.39, 0.29) is 0 Å². The Labute approximate surface area is 187 Å². The standard InChI is InChI=1S/C30H31N/c1-22(2)29-20-17-25(21-30(29)23(3)4)24-15-18-28(19-16-24)31(26-11-7-5-8-12-26)27-13-9-6-10-14-27/h5-23H,1-4H3. The van der Waals surface area contributed by atoms with Crippen LogP contribution in [0, 0.1) is 0 Å². The lowest BCUT2D eigenvalue weighted by Crippen LogP contribution is -2.09. The van der Waals surface area contributed by atoms with Crippen molar-refractivity contribution in [1.29, 1.82) is 0 Å². The summed E-state index contributed by atoms with van der Waals surface area (Å²) in [5.41, 5.74) is 8.91. The first kappa shape index (κ1) is 20.9. The fraction of sp³-hybridized carbons (Fsp3) is 0.200. The van der Waals surface area contributed by atoms with E-state index in [2.05, 4.69) is 136 Å². The van der Waals surface area contributed by atoms with Gasteiger partial charge in [-0.05, 0) is 70.5 Å². The van der Waals surface area contributed by atoms with Crippen LogP contribution < -0.4 is 4.90 Å². The summed E-state index contributed by atoms with van der Waals surface area (Å²) in [5.74, 6) is 1.06. The molecule has 0 aliphatic heterocycles. The van der Waals surface area contributed by atoms with Gasteiger partial charge in [-0.3, -0.25) is 0 Å². The predicted octanol–water partition coefficient (Wildman–Crippen LogP) is 9.07. The van der Waals surface area contributed by atoms with Crippen LogP contribution in [0.15, 0.2) is 103 Å². The van der Waals surface area contributed by atoms with Gasteiger partial charge in [0.15, 0.2) is 0 Å². The van der Waals surface area contributed by atoms with E-state index in [0.717, 1.165) is 17.1 Å². The molecule has 0 saturated heterocycles. The van der Waals surface area contributed by atoms with Gasteiger partial charge in [-0.2, -0.15) is 0 Å². The number of nitrogens with zero attached hydrogens (tertiary/aromatic N) is 1. The largest absolute Gasteiger partial charge is 0.311 e. The maximum absolute atomic E-state index is 2.38. The zero-order valence-corrected chi connectivity index (χ0v) is 18.9. The van der Waals surface area contributed by atoms with Crippen LogP contribution in [-0.4, -0.2) is 0 Å². The first-order valence-electron chi connectivity index (χ1n) is 11.2. The van der Waals surface area contributed by atoms with Crippen LogP contribution in [0.1, 0.15) is 50.7 Å². The molecular formula is C30H31N. The molecule has 0 amide bonds. The molecule has 31 heavy (non-hydrogen) atoms. The Bertz CT molecular complexity index is 1070. The Morgan fingerprint density at radius 2 is 0.903 bits per heavy atom. The highest BCUT2D eigenvalue weighted by atomic mass is 15.1. The monoisotopic (exact) mass is 405 g/mol. The summed E-state index contributed by atoms with van der Waals surface area (Å²) >= 11 is 0. The molecule has 0 heterocycles. The van der Waals surface area contributed by atoms with Gasteiger partial charge >= 0.3 is 0 Å². The van der Waals surface area contributed by atoms with Crippen molar-refractivity contribution in [2.45, 2.75) is 39.5 Å². The van der Waals surface area contributed by atoms with E-state index in [4.69, 9.17) is 0 Å². The molecule has 0 fully saturated rings. The molecule has 156 valence electrons. The van der Waals surface area contributed by atoms with E-state index >= 15 is 0 Å². The fourth-order valence-electron chi connectivity index (χ4n) is 4.18. The predicted molar refractivity (Wildman–Crippen MR) is 135 cm³/mol. The smallest absolute Gasteiger partial charge is 0.0462 e. The summed E-state index contributed by atoms with van der Waals surface area (Å²) in [5, 5.41) is 0. The lowest BCUT2D eigenvalue weighted by Gasteiger charge is -2.25. The Morgan fingerprint density at radius 1 is 0.452 bits per heavy atom. The first-order chi connectivity index (χ1) is 15.0. The lowest BCUT2D eigenvalue weighted by molar-refractivity contribution is 0.791. The summed E-state index contributed by atoms with van der Waals surface area (Å²) < 4.78 is 0. The molecule has 4 aromatic rings. The zero-order chi connectivity index (χ0) is 21.8. The second-order valence-electron chi connectivity index (χ2n) is 8.71. The molecule has 0 saturated carbocycles. The number of hydrogen-bond acceptors (Lipinski definition) is 1. The molecule has 1 nitrogen and oxygen atoms in total. The van der Waals surface area contributed by atoms with Crippen LogP contribution in [0.25, 0.3) is 11.1 Å². The van der Waals surface area contributed by atoms with Crippen LogP contribution in [0.2, 0.25) is 0 Å². The van der Waals surface area contributed by atoms with Crippen LogP contribution in [0.3, 0.4) is 0 Å². The topological polar surface area (TPSA) is 3.24 Å². The molecule has 4 rings (SSSR count). The van der Waals surface area contributed by atoms with Crippen molar-refractivity contribution < 1.29 is 0 Å². The van der Waals surface area contributed by atoms with Gasteiger partial charge in [-0.15, -0.1) is 0 Å². The normalized spacial score (nSPS) is 11.2. The highest BCUT2D eigenvalue weighted by Crippen LogP contribution is 2.36. The SMILES string of the molecule is CC(C)c1ccc(-c2ccc(N(c3ccccc3)c3ccccc3)cc2)cc1C(C)C. The van der Waals surface area contributed by atoms with Crippen molar-refractivity contribution in [3.05, 3.63) is 114 Å². The summed E-state index contributed by atoms with van der Waals surface area (Å²) in [4.78, 5) is 2.30. The quantitative estimate of drug-likeness (QED) is 0.309. The molecule has 0 N–H and O–H groups in total.